The maximum atomic E-state index is 11.2. The molecule has 0 aromatic carbocycles. The van der Waals surface area contributed by atoms with E-state index in [-0.39, 0.29) is 6.54 Å². The largest absolute Gasteiger partial charge is 0.490 e. The Morgan fingerprint density at radius 3 is 2.79 bits per heavy atom. The van der Waals surface area contributed by atoms with Crippen molar-refractivity contribution in [2.24, 2.45) is 0 Å². The Balaban J connectivity index is 2.10. The second-order valence-electron chi connectivity index (χ2n) is 3.53. The third-order valence-corrected chi connectivity index (χ3v) is 2.26. The Morgan fingerprint density at radius 1 is 1.47 bits per heavy atom. The predicted molar refractivity (Wildman–Crippen MR) is 61.4 cm³/mol. The van der Waals surface area contributed by atoms with Gasteiger partial charge in [-0.05, 0) is 17.1 Å². The van der Waals surface area contributed by atoms with Gasteiger partial charge in [-0.2, -0.15) is 4.68 Å². The molecular formula is C10H9N5O4. The van der Waals surface area contributed by atoms with E-state index in [1.807, 2.05) is 0 Å². The number of pyridine rings is 1. The molecule has 0 fully saturated rings. The van der Waals surface area contributed by atoms with E-state index in [0.29, 0.717) is 11.3 Å². The van der Waals surface area contributed by atoms with Gasteiger partial charge in [-0.1, -0.05) is 4.98 Å². The third-order valence-electron chi connectivity index (χ3n) is 2.26. The van der Waals surface area contributed by atoms with E-state index in [2.05, 4.69) is 19.8 Å². The summed E-state index contributed by atoms with van der Waals surface area (Å²) in [5, 5.41) is 14.1. The van der Waals surface area contributed by atoms with Crippen LogP contribution in [0.4, 0.5) is 5.95 Å². The second kappa shape index (κ2) is 5.21. The molecule has 0 spiro atoms. The number of hydrogen-bond acceptors (Lipinski definition) is 7. The molecule has 0 radical (unpaired) electrons. The zero-order chi connectivity index (χ0) is 13.8. The summed E-state index contributed by atoms with van der Waals surface area (Å²) in [5.74, 6) is -0.943. The minimum Gasteiger partial charge on any atom is -0.465 e. The number of nitro groups is 1. The lowest BCUT2D eigenvalue weighted by molar-refractivity contribution is -0.394. The van der Waals surface area contributed by atoms with Gasteiger partial charge in [0.25, 0.3) is 0 Å². The topological polar surface area (TPSA) is 113 Å². The van der Waals surface area contributed by atoms with Crippen LogP contribution in [0.2, 0.25) is 0 Å². The molecule has 0 bridgehead atoms. The standard InChI is InChI=1S/C10H9N5O4/c1-19-9(16)7-2-3-8(11-4-7)5-14-6-12-10(13-14)15(17)18/h2-4,6H,5H2,1H3. The van der Waals surface area contributed by atoms with Gasteiger partial charge >= 0.3 is 11.9 Å². The molecule has 0 saturated heterocycles. The van der Waals surface area contributed by atoms with Gasteiger partial charge in [0.1, 0.15) is 6.54 Å². The minimum atomic E-state index is -0.676. The summed E-state index contributed by atoms with van der Waals surface area (Å²) < 4.78 is 5.83. The first-order valence-electron chi connectivity index (χ1n) is 5.17. The van der Waals surface area contributed by atoms with Crippen molar-refractivity contribution < 1.29 is 14.5 Å². The lowest BCUT2D eigenvalue weighted by Crippen LogP contribution is -2.06. The van der Waals surface area contributed by atoms with Crippen LogP contribution in [0.1, 0.15) is 16.1 Å². The highest BCUT2D eigenvalue weighted by molar-refractivity contribution is 5.88. The molecule has 0 aliphatic heterocycles. The number of hydrogen-bond donors (Lipinski definition) is 0. The molecule has 2 aromatic heterocycles. The SMILES string of the molecule is COC(=O)c1ccc(Cn2cnc([N+](=O)[O-])n2)nc1. The molecule has 0 saturated carbocycles. The molecule has 0 aliphatic carbocycles. The van der Waals surface area contributed by atoms with Gasteiger partial charge in [0, 0.05) is 11.3 Å². The van der Waals surface area contributed by atoms with E-state index in [1.165, 1.54) is 24.3 Å². The molecule has 0 amide bonds. The Labute approximate surface area is 107 Å². The molecule has 0 unspecified atom stereocenters. The van der Waals surface area contributed by atoms with Crippen molar-refractivity contribution in [2.45, 2.75) is 6.54 Å². The van der Waals surface area contributed by atoms with E-state index < -0.39 is 16.8 Å². The molecule has 98 valence electrons. The summed E-state index contributed by atoms with van der Waals surface area (Å²) in [4.78, 5) is 28.5. The van der Waals surface area contributed by atoms with Gasteiger partial charge in [0.15, 0.2) is 0 Å². The average molecular weight is 263 g/mol. The van der Waals surface area contributed by atoms with Crippen LogP contribution in [0.25, 0.3) is 0 Å². The maximum absolute atomic E-state index is 11.2. The van der Waals surface area contributed by atoms with Gasteiger partial charge in [0.05, 0.1) is 18.4 Å². The molecule has 2 rings (SSSR count). The van der Waals surface area contributed by atoms with Gasteiger partial charge < -0.3 is 14.9 Å². The highest BCUT2D eigenvalue weighted by atomic mass is 16.6. The fourth-order valence-electron chi connectivity index (χ4n) is 1.37. The van der Waals surface area contributed by atoms with Crippen LogP contribution in [0, 0.1) is 10.1 Å². The molecule has 0 aliphatic rings. The van der Waals surface area contributed by atoms with E-state index in [4.69, 9.17) is 0 Å². The fourth-order valence-corrected chi connectivity index (χ4v) is 1.37. The highest BCUT2D eigenvalue weighted by Crippen LogP contribution is 2.05. The Hall–Kier alpha value is -2.84. The summed E-state index contributed by atoms with van der Waals surface area (Å²) in [6.07, 6.45) is 2.61. The summed E-state index contributed by atoms with van der Waals surface area (Å²) in [6.45, 7) is 0.224. The van der Waals surface area contributed by atoms with Gasteiger partial charge in [-0.15, -0.1) is 0 Å². The van der Waals surface area contributed by atoms with E-state index in [9.17, 15) is 14.9 Å². The zero-order valence-electron chi connectivity index (χ0n) is 9.89. The molecule has 0 atom stereocenters. The van der Waals surface area contributed by atoms with E-state index in [1.54, 1.807) is 12.1 Å². The molecular weight excluding hydrogens is 254 g/mol. The molecule has 9 nitrogen and oxygen atoms in total. The number of aromatic nitrogens is 4. The van der Waals surface area contributed by atoms with Crippen molar-refractivity contribution in [3.05, 3.63) is 46.0 Å². The molecule has 19 heavy (non-hydrogen) atoms. The first kappa shape index (κ1) is 12.6. The third kappa shape index (κ3) is 2.89. The summed E-state index contributed by atoms with van der Waals surface area (Å²) in [6, 6.07) is 3.17. The lowest BCUT2D eigenvalue weighted by atomic mass is 10.2. The molecule has 0 N–H and O–H groups in total. The Bertz CT molecular complexity index is 607. The quantitative estimate of drug-likeness (QED) is 0.446. The van der Waals surface area contributed by atoms with Crippen molar-refractivity contribution in [3.63, 3.8) is 0 Å². The van der Waals surface area contributed by atoms with Crippen molar-refractivity contribution in [1.82, 2.24) is 19.7 Å². The van der Waals surface area contributed by atoms with Crippen LogP contribution in [0.15, 0.2) is 24.7 Å². The number of carbonyl (C=O) groups excluding carboxylic acids is 1. The van der Waals surface area contributed by atoms with Gasteiger partial charge in [-0.25, -0.2) is 4.79 Å². The maximum Gasteiger partial charge on any atom is 0.490 e. The molecule has 2 heterocycles. The van der Waals surface area contributed by atoms with Crippen LogP contribution in [-0.4, -0.2) is 37.8 Å². The molecule has 9 heteroatoms. The number of nitrogens with zero attached hydrogens (tertiary/aromatic N) is 5. The van der Waals surface area contributed by atoms with E-state index in [0.717, 1.165) is 0 Å². The van der Waals surface area contributed by atoms with Gasteiger partial charge in [0.2, 0.25) is 6.33 Å². The number of carbonyl (C=O) groups is 1. The van der Waals surface area contributed by atoms with Crippen LogP contribution in [-0.2, 0) is 11.3 Å². The summed E-state index contributed by atoms with van der Waals surface area (Å²) >= 11 is 0. The van der Waals surface area contributed by atoms with E-state index >= 15 is 0 Å². The summed E-state index contributed by atoms with van der Waals surface area (Å²) in [5.41, 5.74) is 0.920. The van der Waals surface area contributed by atoms with Crippen molar-refractivity contribution in [1.29, 1.82) is 0 Å². The monoisotopic (exact) mass is 263 g/mol. The Kier molecular flexibility index (Phi) is 3.46. The van der Waals surface area contributed by atoms with Crippen LogP contribution >= 0.6 is 0 Å². The smallest absolute Gasteiger partial charge is 0.465 e. The molecule has 2 aromatic rings. The average Bonchev–Trinajstić information content (AvgIpc) is 2.87. The summed E-state index contributed by atoms with van der Waals surface area (Å²) in [7, 11) is 1.28. The van der Waals surface area contributed by atoms with Crippen molar-refractivity contribution in [2.75, 3.05) is 7.11 Å². The van der Waals surface area contributed by atoms with Crippen molar-refractivity contribution in [3.8, 4) is 0 Å². The Morgan fingerprint density at radius 2 is 2.26 bits per heavy atom. The number of methoxy groups -OCH3 is 1. The van der Waals surface area contributed by atoms with Crippen LogP contribution in [0.5, 0.6) is 0 Å². The fraction of sp³-hybridized carbons (Fsp3) is 0.200. The highest BCUT2D eigenvalue weighted by Gasteiger charge is 2.13. The first-order chi connectivity index (χ1) is 9.10. The number of ether oxygens (including phenoxy) is 1. The second-order valence-corrected chi connectivity index (χ2v) is 3.53. The first-order valence-corrected chi connectivity index (χ1v) is 5.17. The van der Waals surface area contributed by atoms with Crippen LogP contribution in [0.3, 0.4) is 0 Å². The van der Waals surface area contributed by atoms with Gasteiger partial charge in [-0.3, -0.25) is 4.98 Å². The predicted octanol–water partition coefficient (Wildman–Crippen LogP) is 0.416. The van der Waals surface area contributed by atoms with Crippen LogP contribution < -0.4 is 0 Å². The number of esters is 1. The van der Waals surface area contributed by atoms with Crippen molar-refractivity contribution >= 4 is 11.9 Å². The number of rotatable bonds is 4. The lowest BCUT2D eigenvalue weighted by Gasteiger charge is -2.00. The minimum absolute atomic E-state index is 0.224. The zero-order valence-corrected chi connectivity index (χ0v) is 9.89. The normalized spacial score (nSPS) is 10.2.